The summed E-state index contributed by atoms with van der Waals surface area (Å²) in [6.45, 7) is 1.48. The van der Waals surface area contributed by atoms with Crippen LogP contribution in [0.4, 0.5) is 8.78 Å². The number of ketones is 1. The summed E-state index contributed by atoms with van der Waals surface area (Å²) >= 11 is 1.75. The number of aliphatic hydroxyl groups is 1. The molecule has 8 heteroatoms. The first-order valence-corrected chi connectivity index (χ1v) is 7.67. The fourth-order valence-corrected chi connectivity index (χ4v) is 2.36. The van der Waals surface area contributed by atoms with Crippen molar-refractivity contribution in [3.63, 3.8) is 0 Å². The van der Waals surface area contributed by atoms with Crippen LogP contribution in [0.3, 0.4) is 0 Å². The Labute approximate surface area is 140 Å². The zero-order chi connectivity index (χ0) is 16.7. The van der Waals surface area contributed by atoms with Crippen LogP contribution in [0.2, 0.25) is 0 Å². The molecule has 0 aliphatic carbocycles. The lowest BCUT2D eigenvalue weighted by Crippen LogP contribution is -2.37. The van der Waals surface area contributed by atoms with Crippen LogP contribution in [0, 0.1) is 21.1 Å². The van der Waals surface area contributed by atoms with Crippen LogP contribution in [0.5, 0.6) is 0 Å². The van der Waals surface area contributed by atoms with Gasteiger partial charge in [0, 0.05) is 16.7 Å². The molecule has 0 saturated heterocycles. The van der Waals surface area contributed by atoms with Crippen molar-refractivity contribution >= 4 is 34.3 Å². The third kappa shape index (κ3) is 4.96. The molecule has 0 saturated carbocycles. The number of halogens is 3. The van der Waals surface area contributed by atoms with E-state index in [1.165, 1.54) is 6.07 Å². The predicted octanol–water partition coefficient (Wildman–Crippen LogP) is 1.51. The summed E-state index contributed by atoms with van der Waals surface area (Å²) in [7, 11) is 0. The Morgan fingerprint density at radius 3 is 2.68 bits per heavy atom. The van der Waals surface area contributed by atoms with Crippen LogP contribution >= 0.6 is 22.6 Å². The maximum Gasteiger partial charge on any atom is 0.318 e. The van der Waals surface area contributed by atoms with Gasteiger partial charge < -0.3 is 15.2 Å². The molecule has 122 valence electrons. The average molecular weight is 427 g/mol. The summed E-state index contributed by atoms with van der Waals surface area (Å²) in [5.41, 5.74) is -0.492. The number of carbonyl (C=O) groups excluding carboxylic acids is 2. The second-order valence-corrected chi connectivity index (χ2v) is 5.59. The summed E-state index contributed by atoms with van der Waals surface area (Å²) in [4.78, 5) is 24.2. The number of hydrogen-bond donors (Lipinski definition) is 2. The fourth-order valence-electron chi connectivity index (χ4n) is 1.77. The number of nitrogens with one attached hydrogen (secondary N) is 1. The van der Waals surface area contributed by atoms with Crippen LogP contribution in [0.25, 0.3) is 0 Å². The van der Waals surface area contributed by atoms with Crippen molar-refractivity contribution in [1.29, 1.82) is 0 Å². The predicted molar refractivity (Wildman–Crippen MR) is 83.5 cm³/mol. The number of Topliss-reactive ketones (excluding diaryl/α,β-unsaturated/α-hetero) is 1. The molecular weight excluding hydrogens is 411 g/mol. The first-order chi connectivity index (χ1) is 10.4. The van der Waals surface area contributed by atoms with E-state index in [2.05, 4.69) is 5.32 Å². The monoisotopic (exact) mass is 427 g/mol. The van der Waals surface area contributed by atoms with Gasteiger partial charge in [-0.15, -0.1) is 0 Å². The number of aliphatic hydroxyl groups excluding tert-OH is 1. The number of esters is 1. The summed E-state index contributed by atoms with van der Waals surface area (Å²) in [6.07, 6.45) is 0. The van der Waals surface area contributed by atoms with Crippen molar-refractivity contribution in [2.75, 3.05) is 26.3 Å². The molecule has 1 rings (SSSR count). The summed E-state index contributed by atoms with van der Waals surface area (Å²) in [6, 6.07) is 2.13. The molecule has 1 atom stereocenters. The second-order valence-electron chi connectivity index (χ2n) is 4.35. The van der Waals surface area contributed by atoms with Crippen LogP contribution < -0.4 is 5.32 Å². The number of ether oxygens (including phenoxy) is 1. The largest absolute Gasteiger partial charge is 0.465 e. The topological polar surface area (TPSA) is 75.6 Å². The maximum absolute atomic E-state index is 13.8. The van der Waals surface area contributed by atoms with Gasteiger partial charge in [-0.25, -0.2) is 8.78 Å². The highest BCUT2D eigenvalue weighted by Crippen LogP contribution is 2.20. The number of carbonyl (C=O) groups is 2. The summed E-state index contributed by atoms with van der Waals surface area (Å²) in [5, 5.41) is 11.4. The van der Waals surface area contributed by atoms with Crippen molar-refractivity contribution in [1.82, 2.24) is 5.32 Å². The lowest BCUT2D eigenvalue weighted by atomic mass is 9.97. The van der Waals surface area contributed by atoms with E-state index in [4.69, 9.17) is 9.84 Å². The number of rotatable bonds is 8. The minimum absolute atomic E-state index is 0.0613. The maximum atomic E-state index is 13.8. The lowest BCUT2D eigenvalue weighted by molar-refractivity contribution is -0.146. The Bertz CT molecular complexity index is 554. The Morgan fingerprint density at radius 1 is 1.41 bits per heavy atom. The van der Waals surface area contributed by atoms with Gasteiger partial charge in [0.15, 0.2) is 17.4 Å². The molecule has 0 radical (unpaired) electrons. The molecule has 0 aliphatic heterocycles. The highest BCUT2D eigenvalue weighted by molar-refractivity contribution is 14.1. The van der Waals surface area contributed by atoms with Gasteiger partial charge in [0.2, 0.25) is 0 Å². The van der Waals surface area contributed by atoms with Gasteiger partial charge in [0.05, 0.1) is 18.8 Å². The molecular formula is C14H16F2INO4. The normalized spacial score (nSPS) is 12.0. The molecule has 1 aromatic carbocycles. The smallest absolute Gasteiger partial charge is 0.318 e. The van der Waals surface area contributed by atoms with Crippen LogP contribution in [-0.4, -0.2) is 43.2 Å². The van der Waals surface area contributed by atoms with Crippen LogP contribution in [0.1, 0.15) is 17.3 Å². The Balaban J connectivity index is 3.07. The van der Waals surface area contributed by atoms with Gasteiger partial charge in [-0.2, -0.15) is 0 Å². The van der Waals surface area contributed by atoms with Crippen LogP contribution in [0.15, 0.2) is 12.1 Å². The first-order valence-electron chi connectivity index (χ1n) is 6.59. The van der Waals surface area contributed by atoms with Crippen molar-refractivity contribution in [3.8, 4) is 0 Å². The van der Waals surface area contributed by atoms with E-state index in [9.17, 15) is 18.4 Å². The van der Waals surface area contributed by atoms with Gasteiger partial charge in [-0.3, -0.25) is 9.59 Å². The van der Waals surface area contributed by atoms with E-state index >= 15 is 0 Å². The third-order valence-corrected chi connectivity index (χ3v) is 3.41. The van der Waals surface area contributed by atoms with Gasteiger partial charge in [-0.05, 0) is 41.6 Å². The quantitative estimate of drug-likeness (QED) is 0.164. The molecule has 0 fully saturated rings. The van der Waals surface area contributed by atoms with E-state index in [0.29, 0.717) is 3.57 Å². The third-order valence-electron chi connectivity index (χ3n) is 2.78. The molecule has 1 aromatic rings. The highest BCUT2D eigenvalue weighted by atomic mass is 127. The van der Waals surface area contributed by atoms with E-state index in [0.717, 1.165) is 6.07 Å². The summed E-state index contributed by atoms with van der Waals surface area (Å²) in [5.74, 6) is -5.43. The molecule has 1 unspecified atom stereocenters. The van der Waals surface area contributed by atoms with Gasteiger partial charge in [0.1, 0.15) is 5.92 Å². The molecule has 0 aliphatic rings. The van der Waals surface area contributed by atoms with E-state index in [1.54, 1.807) is 29.5 Å². The minimum Gasteiger partial charge on any atom is -0.465 e. The molecule has 0 bridgehead atoms. The molecule has 0 spiro atoms. The summed E-state index contributed by atoms with van der Waals surface area (Å²) < 4.78 is 32.4. The van der Waals surface area contributed by atoms with Crippen molar-refractivity contribution in [3.05, 3.63) is 32.9 Å². The van der Waals surface area contributed by atoms with Crippen molar-refractivity contribution in [2.24, 2.45) is 5.92 Å². The average Bonchev–Trinajstić information content (AvgIpc) is 2.47. The zero-order valence-electron chi connectivity index (χ0n) is 11.9. The molecule has 5 nitrogen and oxygen atoms in total. The molecule has 2 N–H and O–H groups in total. The van der Waals surface area contributed by atoms with Crippen LogP contribution in [-0.2, 0) is 9.53 Å². The molecule has 0 amide bonds. The van der Waals surface area contributed by atoms with Gasteiger partial charge in [-0.1, -0.05) is 0 Å². The second kappa shape index (κ2) is 9.11. The lowest BCUT2D eigenvalue weighted by Gasteiger charge is -2.16. The molecule has 0 heterocycles. The van der Waals surface area contributed by atoms with Crippen molar-refractivity contribution in [2.45, 2.75) is 6.92 Å². The van der Waals surface area contributed by atoms with E-state index in [1.807, 2.05) is 0 Å². The Kier molecular flexibility index (Phi) is 7.83. The number of benzene rings is 1. The standard InChI is InChI=1S/C14H16F2INO4/c1-2-22-14(21)10(7-18-3-4-19)13(20)9-5-8(17)6-11(15)12(9)16/h5-6,10,18-19H,2-4,7H2,1H3. The molecule has 0 aromatic heterocycles. The molecule has 22 heavy (non-hydrogen) atoms. The zero-order valence-corrected chi connectivity index (χ0v) is 14.0. The van der Waals surface area contributed by atoms with E-state index in [-0.39, 0.29) is 26.3 Å². The van der Waals surface area contributed by atoms with Gasteiger partial charge >= 0.3 is 5.97 Å². The fraction of sp³-hybridized carbons (Fsp3) is 0.429. The highest BCUT2D eigenvalue weighted by Gasteiger charge is 2.31. The Hall–Kier alpha value is -1.13. The Morgan fingerprint density at radius 2 is 2.09 bits per heavy atom. The van der Waals surface area contributed by atoms with Gasteiger partial charge in [0.25, 0.3) is 0 Å². The minimum atomic E-state index is -1.31. The van der Waals surface area contributed by atoms with E-state index < -0.39 is 34.9 Å². The number of hydrogen-bond acceptors (Lipinski definition) is 5. The van der Waals surface area contributed by atoms with Crippen molar-refractivity contribution < 1.29 is 28.2 Å². The first kappa shape index (κ1) is 18.9. The SMILES string of the molecule is CCOC(=O)C(CNCCO)C(=O)c1cc(I)cc(F)c1F.